The highest BCUT2D eigenvalue weighted by atomic mass is 35.5. The van der Waals surface area contributed by atoms with Crippen LogP contribution in [0.4, 0.5) is 5.69 Å². The third kappa shape index (κ3) is 6.00. The maximum absolute atomic E-state index is 15.3. The molecule has 0 fully saturated rings. The van der Waals surface area contributed by atoms with E-state index in [2.05, 4.69) is 47.4 Å². The smallest absolute Gasteiger partial charge is 0.275 e. The molecule has 1 amide bonds. The Kier molecular flexibility index (Phi) is 8.97. The summed E-state index contributed by atoms with van der Waals surface area (Å²) in [6.45, 7) is 13.2. The topological polar surface area (TPSA) is 87.4 Å². The number of amides is 1. The summed E-state index contributed by atoms with van der Waals surface area (Å²) in [5.41, 5.74) is 13.1. The van der Waals surface area contributed by atoms with Crippen molar-refractivity contribution < 1.29 is 9.53 Å². The van der Waals surface area contributed by atoms with E-state index in [1.165, 1.54) is 0 Å². The zero-order valence-electron chi connectivity index (χ0n) is 33.4. The molecule has 3 aromatic carbocycles. The number of carbonyl (C=O) groups is 1. The van der Waals surface area contributed by atoms with Crippen molar-refractivity contribution in [3.05, 3.63) is 116 Å². The molecule has 12 heteroatoms. The van der Waals surface area contributed by atoms with E-state index in [4.69, 9.17) is 43.1 Å². The monoisotopic (exact) mass is 798 g/mol. The molecule has 0 bridgehead atoms. The fourth-order valence-electron chi connectivity index (χ4n) is 8.77. The minimum absolute atomic E-state index is 0.0508. The van der Waals surface area contributed by atoms with Crippen LogP contribution in [0.15, 0.2) is 67.0 Å². The van der Waals surface area contributed by atoms with E-state index in [1.54, 1.807) is 4.52 Å². The summed E-state index contributed by atoms with van der Waals surface area (Å²) in [7, 11) is 3.97. The number of halogens is 2. The average Bonchev–Trinajstić information content (AvgIpc) is 3.91. The molecular weight excluding hydrogens is 755 g/mol. The minimum Gasteiger partial charge on any atom is -0.494 e. The summed E-state index contributed by atoms with van der Waals surface area (Å²) in [5.74, 6) is 1.37. The molecule has 0 N–H and O–H groups in total. The summed E-state index contributed by atoms with van der Waals surface area (Å²) in [4.78, 5) is 22.1. The summed E-state index contributed by atoms with van der Waals surface area (Å²) in [6.07, 6.45) is 5.31. The number of nitrogens with zero attached hydrogens (tertiary/aromatic N) is 8. The number of pyridine rings is 1. The molecule has 0 radical (unpaired) electrons. The summed E-state index contributed by atoms with van der Waals surface area (Å²) >= 11 is 13.6. The number of benzene rings is 3. The lowest BCUT2D eigenvalue weighted by Crippen LogP contribution is -2.42. The highest BCUT2D eigenvalue weighted by Crippen LogP contribution is 2.46. The number of fused-ring (bicyclic) bond motifs is 5. The molecule has 0 saturated carbocycles. The van der Waals surface area contributed by atoms with Crippen LogP contribution >= 0.6 is 23.2 Å². The number of hydrogen-bond acceptors (Lipinski definition) is 5. The summed E-state index contributed by atoms with van der Waals surface area (Å²) in [6, 6.07) is 18.2. The first-order valence-electron chi connectivity index (χ1n) is 19.3. The largest absolute Gasteiger partial charge is 0.494 e. The third-order valence-electron chi connectivity index (χ3n) is 11.6. The van der Waals surface area contributed by atoms with Crippen molar-refractivity contribution in [2.75, 3.05) is 18.1 Å². The Morgan fingerprint density at radius 1 is 0.895 bits per heavy atom. The van der Waals surface area contributed by atoms with E-state index in [9.17, 15) is 0 Å². The number of rotatable bonds is 8. The Labute approximate surface area is 341 Å². The van der Waals surface area contributed by atoms with Gasteiger partial charge in [0.2, 0.25) is 0 Å². The van der Waals surface area contributed by atoms with Crippen LogP contribution in [0, 0.1) is 34.6 Å². The second-order valence-electron chi connectivity index (χ2n) is 15.6. The first-order chi connectivity index (χ1) is 27.3. The van der Waals surface area contributed by atoms with Crippen molar-refractivity contribution in [2.45, 2.75) is 60.4 Å². The lowest BCUT2D eigenvalue weighted by atomic mass is 9.98. The zero-order chi connectivity index (χ0) is 40.0. The highest BCUT2D eigenvalue weighted by Gasteiger charge is 2.37. The van der Waals surface area contributed by atoms with E-state index >= 15 is 4.79 Å². The molecule has 5 aromatic heterocycles. The predicted molar refractivity (Wildman–Crippen MR) is 229 cm³/mol. The second-order valence-corrected chi connectivity index (χ2v) is 16.4. The van der Waals surface area contributed by atoms with Gasteiger partial charge in [-0.2, -0.15) is 5.10 Å². The van der Waals surface area contributed by atoms with Gasteiger partial charge in [-0.05, 0) is 125 Å². The fourth-order valence-corrected chi connectivity index (χ4v) is 9.12. The van der Waals surface area contributed by atoms with Gasteiger partial charge in [-0.25, -0.2) is 9.50 Å². The molecule has 1 aliphatic rings. The van der Waals surface area contributed by atoms with Gasteiger partial charge < -0.3 is 18.8 Å². The first kappa shape index (κ1) is 37.0. The first-order valence-corrected chi connectivity index (χ1v) is 20.1. The van der Waals surface area contributed by atoms with Crippen molar-refractivity contribution in [1.82, 2.24) is 33.5 Å². The van der Waals surface area contributed by atoms with Gasteiger partial charge in [0.05, 0.1) is 28.5 Å². The molecule has 1 aliphatic heterocycles. The van der Waals surface area contributed by atoms with Crippen molar-refractivity contribution in [2.24, 2.45) is 14.1 Å². The lowest BCUT2D eigenvalue weighted by Gasteiger charge is -2.34. The molecule has 0 spiro atoms. The van der Waals surface area contributed by atoms with E-state index in [0.29, 0.717) is 42.5 Å². The Morgan fingerprint density at radius 2 is 1.67 bits per heavy atom. The number of anilines is 1. The van der Waals surface area contributed by atoms with Crippen LogP contribution in [0.1, 0.15) is 63.5 Å². The van der Waals surface area contributed by atoms with Gasteiger partial charge in [-0.1, -0.05) is 29.3 Å². The van der Waals surface area contributed by atoms with Crippen LogP contribution in [-0.4, -0.2) is 52.6 Å². The van der Waals surface area contributed by atoms with Gasteiger partial charge in [0.25, 0.3) is 5.91 Å². The zero-order valence-corrected chi connectivity index (χ0v) is 34.9. The molecule has 290 valence electrons. The fraction of sp³-hybridized carbons (Fsp3) is 0.289. The second kappa shape index (κ2) is 13.8. The minimum atomic E-state index is -0.0819. The van der Waals surface area contributed by atoms with Crippen LogP contribution in [0.3, 0.4) is 0 Å². The molecule has 0 aliphatic carbocycles. The SMILES string of the molecule is Cc1ccn2nc(-c3ccc4c(c3)c(N3C[C@@H](C)n5c(c(CCCOc6cc(C)c(Cl)c(C)c6)c6ccc(Cl)c(-c7c(C)nn(C)c7C)c65)C3=O)cn4C)nc2c1. The lowest BCUT2D eigenvalue weighted by molar-refractivity contribution is 0.0957. The van der Waals surface area contributed by atoms with Gasteiger partial charge >= 0.3 is 0 Å². The maximum atomic E-state index is 15.3. The number of carbonyl (C=O) groups excluding carboxylic acids is 1. The Morgan fingerprint density at radius 3 is 2.40 bits per heavy atom. The molecular formula is C45H44Cl2N8O2. The highest BCUT2D eigenvalue weighted by molar-refractivity contribution is 6.35. The van der Waals surface area contributed by atoms with E-state index in [-0.39, 0.29) is 11.9 Å². The molecule has 8 aromatic rings. The molecule has 9 rings (SSSR count). The number of ether oxygens (including phenoxy) is 1. The summed E-state index contributed by atoms with van der Waals surface area (Å²) in [5, 5.41) is 12.9. The number of aromatic nitrogens is 7. The van der Waals surface area contributed by atoms with Crippen molar-refractivity contribution in [3.8, 4) is 28.3 Å². The van der Waals surface area contributed by atoms with Gasteiger partial charge in [0, 0.05) is 82.8 Å². The van der Waals surface area contributed by atoms with Gasteiger partial charge in [0.15, 0.2) is 11.5 Å². The van der Waals surface area contributed by atoms with E-state index in [1.807, 2.05) is 94.0 Å². The third-order valence-corrected chi connectivity index (χ3v) is 12.5. The van der Waals surface area contributed by atoms with Crippen LogP contribution in [0.5, 0.6) is 5.75 Å². The molecule has 10 nitrogen and oxygen atoms in total. The Bertz CT molecular complexity index is 2930. The molecule has 0 unspecified atom stereocenters. The standard InChI is InChI=1S/C45H44Cl2N8O2/c1-24-15-16-54-38(18-24)48-44(50-54)30-11-14-36-34(21-30)37(23-51(36)7)53-22-27(4)55-42-33(12-13-35(46)40(42)39-28(5)49-52(8)29(39)6)32(43(55)45(53)56)10-9-17-57-31-19-25(2)41(47)26(3)20-31/h11-16,18-21,23,27H,9-10,17,22H2,1-8H3/t27-/m1/s1. The van der Waals surface area contributed by atoms with Crippen LogP contribution in [-0.2, 0) is 20.5 Å². The van der Waals surface area contributed by atoms with Gasteiger partial charge in [-0.15, -0.1) is 5.10 Å². The quantitative estimate of drug-likeness (QED) is 0.143. The van der Waals surface area contributed by atoms with Crippen molar-refractivity contribution in [3.63, 3.8) is 0 Å². The average molecular weight is 800 g/mol. The number of aryl methyl sites for hydroxylation is 7. The Hall–Kier alpha value is -5.58. The molecule has 57 heavy (non-hydrogen) atoms. The van der Waals surface area contributed by atoms with E-state index in [0.717, 1.165) is 94.2 Å². The molecule has 1 atom stereocenters. The van der Waals surface area contributed by atoms with E-state index < -0.39 is 0 Å². The van der Waals surface area contributed by atoms with Gasteiger partial charge in [0.1, 0.15) is 11.4 Å². The van der Waals surface area contributed by atoms with Crippen LogP contribution in [0.25, 0.3) is 50.0 Å². The predicted octanol–water partition coefficient (Wildman–Crippen LogP) is 10.3. The van der Waals surface area contributed by atoms with Crippen molar-refractivity contribution >= 4 is 62.2 Å². The normalized spacial score (nSPS) is 14.5. The van der Waals surface area contributed by atoms with Gasteiger partial charge in [-0.3, -0.25) is 9.48 Å². The van der Waals surface area contributed by atoms with Crippen LogP contribution < -0.4 is 9.64 Å². The maximum Gasteiger partial charge on any atom is 0.275 e. The molecule has 6 heterocycles. The summed E-state index contributed by atoms with van der Waals surface area (Å²) < 4.78 is 14.3. The van der Waals surface area contributed by atoms with Crippen molar-refractivity contribution in [1.29, 1.82) is 0 Å². The van der Waals surface area contributed by atoms with Crippen LogP contribution in [0.2, 0.25) is 10.0 Å². The number of hydrogen-bond donors (Lipinski definition) is 0. The molecule has 0 saturated heterocycles. The Balaban J connectivity index is 1.16.